The van der Waals surface area contributed by atoms with Crippen molar-refractivity contribution < 1.29 is 14.2 Å². The van der Waals surface area contributed by atoms with Crippen molar-refractivity contribution in [2.24, 2.45) is 5.10 Å². The topological polar surface area (TPSA) is 43.3 Å². The van der Waals surface area contributed by atoms with Gasteiger partial charge in [-0.15, -0.1) is 0 Å². The summed E-state index contributed by atoms with van der Waals surface area (Å²) in [5.41, 5.74) is 4.38. The number of para-hydroxylation sites is 1. The van der Waals surface area contributed by atoms with Gasteiger partial charge in [0.05, 0.1) is 25.0 Å². The molecule has 5 nitrogen and oxygen atoms in total. The number of hydrogen-bond acceptors (Lipinski definition) is 5. The molecule has 0 bridgehead atoms. The summed E-state index contributed by atoms with van der Waals surface area (Å²) in [6.07, 6.45) is 0.685. The Balaban J connectivity index is 1.50. The molecule has 0 aliphatic carbocycles. The van der Waals surface area contributed by atoms with Crippen molar-refractivity contribution in [3.63, 3.8) is 0 Å². The van der Waals surface area contributed by atoms with Crippen molar-refractivity contribution >= 4 is 5.71 Å². The van der Waals surface area contributed by atoms with E-state index in [1.54, 1.807) is 7.11 Å². The molecule has 31 heavy (non-hydrogen) atoms. The van der Waals surface area contributed by atoms with E-state index < -0.39 is 0 Å². The molecule has 0 saturated carbocycles. The van der Waals surface area contributed by atoms with E-state index in [1.807, 2.05) is 50.2 Å². The smallest absolute Gasteiger partial charge is 0.213 e. The van der Waals surface area contributed by atoms with Gasteiger partial charge in [-0.1, -0.05) is 18.2 Å². The van der Waals surface area contributed by atoms with Crippen LogP contribution >= 0.6 is 0 Å². The highest BCUT2D eigenvalue weighted by molar-refractivity contribution is 6.02. The van der Waals surface area contributed by atoms with Crippen LogP contribution in [0.2, 0.25) is 0 Å². The first kappa shape index (κ1) is 19.5. The minimum absolute atomic E-state index is 0.138. The SMILES string of the molecule is COc1ccc(C2=NN3[C@@H](C2)c2ccccc2O[C@H]3c2ccc(OC(C)C)cc2)cc1. The van der Waals surface area contributed by atoms with Crippen LogP contribution in [0.15, 0.2) is 77.9 Å². The van der Waals surface area contributed by atoms with Crippen molar-refractivity contribution in [3.8, 4) is 17.2 Å². The first-order chi connectivity index (χ1) is 15.1. The van der Waals surface area contributed by atoms with Crippen LogP contribution in [-0.2, 0) is 0 Å². The van der Waals surface area contributed by atoms with E-state index in [1.165, 1.54) is 5.56 Å². The zero-order chi connectivity index (χ0) is 21.4. The molecule has 5 heteroatoms. The van der Waals surface area contributed by atoms with E-state index in [9.17, 15) is 0 Å². The van der Waals surface area contributed by atoms with Gasteiger partial charge in [-0.2, -0.15) is 5.10 Å². The minimum Gasteiger partial charge on any atom is -0.497 e. The third-order valence-electron chi connectivity index (χ3n) is 5.66. The lowest BCUT2D eigenvalue weighted by Gasteiger charge is -2.38. The number of hydrazone groups is 1. The largest absolute Gasteiger partial charge is 0.497 e. The van der Waals surface area contributed by atoms with Crippen LogP contribution in [0.25, 0.3) is 0 Å². The summed E-state index contributed by atoms with van der Waals surface area (Å²) >= 11 is 0. The van der Waals surface area contributed by atoms with Gasteiger partial charge in [0.2, 0.25) is 6.23 Å². The Morgan fingerprint density at radius 1 is 0.935 bits per heavy atom. The lowest BCUT2D eigenvalue weighted by atomic mass is 9.96. The summed E-state index contributed by atoms with van der Waals surface area (Å²) in [5, 5.41) is 7.11. The van der Waals surface area contributed by atoms with Crippen molar-refractivity contribution in [1.29, 1.82) is 0 Å². The van der Waals surface area contributed by atoms with E-state index in [2.05, 4.69) is 41.4 Å². The maximum atomic E-state index is 6.43. The van der Waals surface area contributed by atoms with Gasteiger partial charge in [0.25, 0.3) is 0 Å². The fourth-order valence-corrected chi connectivity index (χ4v) is 4.20. The summed E-state index contributed by atoms with van der Waals surface area (Å²) in [5.74, 6) is 2.62. The normalized spacial score (nSPS) is 19.4. The molecule has 3 aromatic rings. The van der Waals surface area contributed by atoms with Crippen molar-refractivity contribution in [2.75, 3.05) is 7.11 Å². The second-order valence-electron chi connectivity index (χ2n) is 8.12. The number of ether oxygens (including phenoxy) is 3. The molecule has 2 aliphatic rings. The van der Waals surface area contributed by atoms with E-state index in [4.69, 9.17) is 19.3 Å². The van der Waals surface area contributed by atoms with Gasteiger partial charge < -0.3 is 14.2 Å². The van der Waals surface area contributed by atoms with E-state index in [-0.39, 0.29) is 18.4 Å². The van der Waals surface area contributed by atoms with E-state index in [0.717, 1.165) is 40.5 Å². The van der Waals surface area contributed by atoms with Crippen LogP contribution in [0, 0.1) is 0 Å². The Morgan fingerprint density at radius 3 is 2.35 bits per heavy atom. The Morgan fingerprint density at radius 2 is 1.65 bits per heavy atom. The third kappa shape index (κ3) is 3.72. The number of fused-ring (bicyclic) bond motifs is 3. The third-order valence-corrected chi connectivity index (χ3v) is 5.66. The van der Waals surface area contributed by atoms with Crippen LogP contribution in [-0.4, -0.2) is 23.9 Å². The van der Waals surface area contributed by atoms with Gasteiger partial charge in [-0.3, -0.25) is 0 Å². The molecule has 158 valence electrons. The average Bonchev–Trinajstić information content (AvgIpc) is 3.25. The zero-order valence-electron chi connectivity index (χ0n) is 18.0. The fourth-order valence-electron chi connectivity index (χ4n) is 4.20. The van der Waals surface area contributed by atoms with E-state index in [0.29, 0.717) is 0 Å². The van der Waals surface area contributed by atoms with Gasteiger partial charge >= 0.3 is 0 Å². The number of nitrogens with zero attached hydrogens (tertiary/aromatic N) is 2. The fraction of sp³-hybridized carbons (Fsp3) is 0.269. The Kier molecular flexibility index (Phi) is 5.02. The highest BCUT2D eigenvalue weighted by atomic mass is 16.5. The molecule has 0 unspecified atom stereocenters. The predicted octanol–water partition coefficient (Wildman–Crippen LogP) is 5.72. The molecule has 2 aliphatic heterocycles. The Labute approximate surface area is 182 Å². The summed E-state index contributed by atoms with van der Waals surface area (Å²) in [4.78, 5) is 0. The molecule has 2 atom stereocenters. The van der Waals surface area contributed by atoms with Crippen LogP contribution in [0.3, 0.4) is 0 Å². The lowest BCUT2D eigenvalue weighted by Crippen LogP contribution is -2.33. The summed E-state index contributed by atoms with van der Waals surface area (Å²) in [6.45, 7) is 4.05. The average molecular weight is 415 g/mol. The van der Waals surface area contributed by atoms with Crippen LogP contribution < -0.4 is 14.2 Å². The number of hydrogen-bond donors (Lipinski definition) is 0. The molecule has 0 fully saturated rings. The summed E-state index contributed by atoms with van der Waals surface area (Å²) in [7, 11) is 1.68. The maximum Gasteiger partial charge on any atom is 0.213 e. The van der Waals surface area contributed by atoms with Gasteiger partial charge in [0, 0.05) is 17.5 Å². The molecule has 0 saturated heterocycles. The van der Waals surface area contributed by atoms with Crippen molar-refractivity contribution in [2.45, 2.75) is 38.6 Å². The first-order valence-electron chi connectivity index (χ1n) is 10.6. The van der Waals surface area contributed by atoms with Crippen LogP contribution in [0.5, 0.6) is 17.2 Å². The number of rotatable bonds is 5. The molecule has 0 N–H and O–H groups in total. The Bertz CT molecular complexity index is 1090. The molecule has 3 aromatic carbocycles. The Hall–Kier alpha value is -3.47. The standard InChI is InChI=1S/C26H26N2O3/c1-17(2)30-21-14-10-19(11-15-21)26-28-24(22-6-4-5-7-25(22)31-26)16-23(27-28)18-8-12-20(29-3)13-9-18/h4-15,17,24,26H,16H2,1-3H3/t24-,26-/m0/s1. The number of benzene rings is 3. The summed E-state index contributed by atoms with van der Waals surface area (Å²) in [6, 6.07) is 24.6. The molecule has 5 rings (SSSR count). The van der Waals surface area contributed by atoms with Crippen LogP contribution in [0.4, 0.5) is 0 Å². The molecule has 2 heterocycles. The second kappa shape index (κ2) is 7.99. The molecule has 0 radical (unpaired) electrons. The van der Waals surface area contributed by atoms with Gasteiger partial charge in [0.1, 0.15) is 17.2 Å². The highest BCUT2D eigenvalue weighted by Gasteiger charge is 2.40. The predicted molar refractivity (Wildman–Crippen MR) is 121 cm³/mol. The van der Waals surface area contributed by atoms with Gasteiger partial charge in [0.15, 0.2) is 0 Å². The maximum absolute atomic E-state index is 6.43. The molecule has 0 amide bonds. The minimum atomic E-state index is -0.288. The number of methoxy groups -OCH3 is 1. The molecule has 0 spiro atoms. The van der Waals surface area contributed by atoms with Crippen molar-refractivity contribution in [1.82, 2.24) is 5.01 Å². The van der Waals surface area contributed by atoms with Crippen molar-refractivity contribution in [3.05, 3.63) is 89.5 Å². The first-order valence-corrected chi connectivity index (χ1v) is 10.6. The van der Waals surface area contributed by atoms with E-state index >= 15 is 0 Å². The van der Waals surface area contributed by atoms with Crippen LogP contribution in [0.1, 0.15) is 49.2 Å². The highest BCUT2D eigenvalue weighted by Crippen LogP contribution is 2.47. The zero-order valence-corrected chi connectivity index (χ0v) is 18.0. The summed E-state index contributed by atoms with van der Waals surface area (Å²) < 4.78 is 17.5. The molecule has 0 aromatic heterocycles. The lowest BCUT2D eigenvalue weighted by molar-refractivity contribution is -0.0190. The monoisotopic (exact) mass is 414 g/mol. The molecular formula is C26H26N2O3. The van der Waals surface area contributed by atoms with Gasteiger partial charge in [-0.25, -0.2) is 5.01 Å². The quantitative estimate of drug-likeness (QED) is 0.535. The van der Waals surface area contributed by atoms with Gasteiger partial charge in [-0.05, 0) is 74.0 Å². The molecular weight excluding hydrogens is 388 g/mol. The second-order valence-corrected chi connectivity index (χ2v) is 8.12.